The summed E-state index contributed by atoms with van der Waals surface area (Å²) < 4.78 is 30.0. The summed E-state index contributed by atoms with van der Waals surface area (Å²) >= 11 is 0. The molecule has 0 radical (unpaired) electrons. The number of ether oxygens (including phenoxy) is 1. The molecule has 0 aliphatic carbocycles. The molecule has 1 aromatic carbocycles. The van der Waals surface area contributed by atoms with Crippen LogP contribution in [0.1, 0.15) is 22.8 Å². The van der Waals surface area contributed by atoms with E-state index in [1.165, 1.54) is 12.1 Å². The number of benzene rings is 1. The third-order valence-electron chi connectivity index (χ3n) is 4.61. The average molecular weight is 461 g/mol. The summed E-state index contributed by atoms with van der Waals surface area (Å²) in [5.41, 5.74) is 0.206. The molecular formula is C18H17KN2O8S. The smallest absolute Gasteiger partial charge is 0.543 e. The van der Waals surface area contributed by atoms with Crippen LogP contribution >= 0.6 is 0 Å². The van der Waals surface area contributed by atoms with E-state index >= 15 is 0 Å². The van der Waals surface area contributed by atoms with Gasteiger partial charge < -0.3 is 20.0 Å². The number of carboxylic acid groups (broad SMARTS) is 1. The molecule has 2 aliphatic heterocycles. The number of β-lactam (4-membered cyclic amide) rings is 1. The van der Waals surface area contributed by atoms with E-state index in [-0.39, 0.29) is 62.5 Å². The normalized spacial score (nSPS) is 21.7. The monoisotopic (exact) mass is 460 g/mol. The molecule has 10 nitrogen and oxygen atoms in total. The zero-order valence-electron chi connectivity index (χ0n) is 16.5. The first-order chi connectivity index (χ1) is 13.5. The standard InChI is InChI=1S/C18H18N2O8S.K/c1-9-3-5-11(6-4-9)15(22)19-13-16(23)20-14(18(24)25)12(7-28-10(2)21)8-29(26,27)17(13)20;/h3-6,13,17H,7-8H2,1-2H3,(H,19,22)(H,24,25);/q;+1/p-1/t13-,17-;/m0./s1. The molecule has 1 saturated heterocycles. The van der Waals surface area contributed by atoms with Crippen molar-refractivity contribution in [2.45, 2.75) is 25.3 Å². The number of nitrogens with one attached hydrogen (secondary N) is 1. The first kappa shape index (κ1) is 24.7. The van der Waals surface area contributed by atoms with E-state index in [1.807, 2.05) is 6.92 Å². The van der Waals surface area contributed by atoms with Crippen molar-refractivity contribution in [1.29, 1.82) is 0 Å². The van der Waals surface area contributed by atoms with Gasteiger partial charge in [0.25, 0.3) is 11.8 Å². The van der Waals surface area contributed by atoms with E-state index in [9.17, 15) is 32.7 Å². The number of rotatable bonds is 5. The Morgan fingerprint density at radius 3 is 2.37 bits per heavy atom. The second kappa shape index (κ2) is 9.28. The third kappa shape index (κ3) is 4.68. The van der Waals surface area contributed by atoms with Crippen LogP contribution in [0.5, 0.6) is 0 Å². The molecule has 2 atom stereocenters. The molecule has 154 valence electrons. The molecule has 2 amide bonds. The first-order valence-electron chi connectivity index (χ1n) is 8.52. The molecule has 0 saturated carbocycles. The maximum atomic E-state index is 12.7. The van der Waals surface area contributed by atoms with E-state index in [0.717, 1.165) is 12.5 Å². The molecule has 30 heavy (non-hydrogen) atoms. The molecule has 0 bridgehead atoms. The van der Waals surface area contributed by atoms with Gasteiger partial charge in [-0.25, -0.2) is 8.42 Å². The van der Waals surface area contributed by atoms with Crippen LogP contribution in [-0.4, -0.2) is 60.8 Å². The van der Waals surface area contributed by atoms with Crippen molar-refractivity contribution in [3.8, 4) is 0 Å². The van der Waals surface area contributed by atoms with Crippen LogP contribution in [0.25, 0.3) is 0 Å². The third-order valence-corrected chi connectivity index (χ3v) is 6.58. The predicted octanol–water partition coefficient (Wildman–Crippen LogP) is -4.74. The Hall–Kier alpha value is -1.57. The molecule has 2 heterocycles. The molecule has 0 unspecified atom stereocenters. The average Bonchev–Trinajstić information content (AvgIpc) is 2.63. The fraction of sp³-hybridized carbons (Fsp3) is 0.333. The summed E-state index contributed by atoms with van der Waals surface area (Å²) in [6.45, 7) is 2.30. The van der Waals surface area contributed by atoms with Crippen LogP contribution in [0.2, 0.25) is 0 Å². The summed E-state index contributed by atoms with van der Waals surface area (Å²) in [6.07, 6.45) is 0. The van der Waals surface area contributed by atoms with Crippen molar-refractivity contribution in [2.75, 3.05) is 12.4 Å². The molecule has 12 heteroatoms. The molecule has 1 fully saturated rings. The van der Waals surface area contributed by atoms with E-state index in [0.29, 0.717) is 4.90 Å². The summed E-state index contributed by atoms with van der Waals surface area (Å²) in [7, 11) is -4.05. The second-order valence-corrected chi connectivity index (χ2v) is 8.84. The van der Waals surface area contributed by atoms with Crippen molar-refractivity contribution >= 4 is 33.6 Å². The topological polar surface area (TPSA) is 150 Å². The van der Waals surface area contributed by atoms with Gasteiger partial charge in [0, 0.05) is 18.1 Å². The van der Waals surface area contributed by atoms with Gasteiger partial charge in [0.05, 0.1) is 17.4 Å². The number of nitrogens with zero attached hydrogens (tertiary/aromatic N) is 1. The summed E-state index contributed by atoms with van der Waals surface area (Å²) in [6, 6.07) is 4.96. The number of sulfone groups is 1. The van der Waals surface area contributed by atoms with Crippen LogP contribution < -0.4 is 61.8 Å². The predicted molar refractivity (Wildman–Crippen MR) is 95.5 cm³/mol. The minimum atomic E-state index is -4.05. The van der Waals surface area contributed by atoms with Crippen molar-refractivity contribution in [1.82, 2.24) is 10.2 Å². The van der Waals surface area contributed by atoms with Gasteiger partial charge in [-0.3, -0.25) is 19.3 Å². The van der Waals surface area contributed by atoms with Gasteiger partial charge in [-0.2, -0.15) is 0 Å². The maximum absolute atomic E-state index is 12.7. The van der Waals surface area contributed by atoms with Crippen molar-refractivity contribution in [3.05, 3.63) is 46.7 Å². The molecule has 1 N–H and O–H groups in total. The van der Waals surface area contributed by atoms with Crippen molar-refractivity contribution in [2.24, 2.45) is 0 Å². The van der Waals surface area contributed by atoms with Gasteiger partial charge >= 0.3 is 57.4 Å². The zero-order valence-corrected chi connectivity index (χ0v) is 20.4. The molecule has 0 aromatic heterocycles. The Morgan fingerprint density at radius 1 is 1.23 bits per heavy atom. The summed E-state index contributed by atoms with van der Waals surface area (Å²) in [4.78, 5) is 48.0. The number of carbonyl (C=O) groups is 4. The molecule has 0 spiro atoms. The van der Waals surface area contributed by atoms with Gasteiger partial charge in [-0.05, 0) is 19.1 Å². The number of fused-ring (bicyclic) bond motifs is 1. The molecule has 3 rings (SSSR count). The molecule has 2 aliphatic rings. The molecular weight excluding hydrogens is 443 g/mol. The Morgan fingerprint density at radius 2 is 1.83 bits per heavy atom. The minimum Gasteiger partial charge on any atom is -0.543 e. The van der Waals surface area contributed by atoms with E-state index in [1.54, 1.807) is 12.1 Å². The van der Waals surface area contributed by atoms with Gasteiger partial charge in [-0.15, -0.1) is 0 Å². The van der Waals surface area contributed by atoms with Gasteiger partial charge in [0.15, 0.2) is 15.2 Å². The minimum absolute atomic E-state index is 0. The van der Waals surface area contributed by atoms with Gasteiger partial charge in [0.1, 0.15) is 12.6 Å². The Bertz CT molecular complexity index is 1050. The van der Waals surface area contributed by atoms with Crippen LogP contribution in [0.3, 0.4) is 0 Å². The zero-order chi connectivity index (χ0) is 21.5. The Labute approximate surface area is 215 Å². The Balaban J connectivity index is 0.00000320. The number of aliphatic carboxylic acids is 1. The van der Waals surface area contributed by atoms with Crippen LogP contribution in [0.15, 0.2) is 35.5 Å². The first-order valence-corrected chi connectivity index (χ1v) is 10.2. The Kier molecular flexibility index (Phi) is 7.64. The molecule has 1 aromatic rings. The SMILES string of the molecule is CC(=O)OCC1=C(C(=O)[O-])N2C(=O)[C@H](NC(=O)c3ccc(C)cc3)[C@@H]2S(=O)(=O)C1.[K+]. The fourth-order valence-corrected chi connectivity index (χ4v) is 5.25. The maximum Gasteiger partial charge on any atom is 1.00 e. The number of hydrogen-bond donors (Lipinski definition) is 1. The van der Waals surface area contributed by atoms with Gasteiger partial charge in [0.2, 0.25) is 0 Å². The number of amides is 2. The number of carboxylic acids is 1. The van der Waals surface area contributed by atoms with E-state index in [4.69, 9.17) is 4.74 Å². The summed E-state index contributed by atoms with van der Waals surface area (Å²) in [5.74, 6) is -4.83. The van der Waals surface area contributed by atoms with E-state index < -0.39 is 63.1 Å². The van der Waals surface area contributed by atoms with Gasteiger partial charge in [-0.1, -0.05) is 17.7 Å². The van der Waals surface area contributed by atoms with Crippen molar-refractivity contribution < 1.29 is 88.8 Å². The number of carbonyl (C=O) groups excluding carboxylic acids is 4. The van der Waals surface area contributed by atoms with Crippen molar-refractivity contribution in [3.63, 3.8) is 0 Å². The number of aryl methyl sites for hydroxylation is 1. The van der Waals surface area contributed by atoms with E-state index in [2.05, 4.69) is 5.32 Å². The largest absolute Gasteiger partial charge is 1.00 e. The number of hydrogen-bond acceptors (Lipinski definition) is 8. The van der Waals surface area contributed by atoms with Crippen LogP contribution in [0, 0.1) is 6.92 Å². The second-order valence-electron chi connectivity index (χ2n) is 6.74. The summed E-state index contributed by atoms with van der Waals surface area (Å²) in [5, 5.41) is 12.3. The van der Waals surface area contributed by atoms with Crippen LogP contribution in [-0.2, 0) is 29.0 Å². The van der Waals surface area contributed by atoms with Crippen LogP contribution in [0.4, 0.5) is 0 Å². The fourth-order valence-electron chi connectivity index (χ4n) is 3.24. The number of esters is 1. The quantitative estimate of drug-likeness (QED) is 0.261.